The van der Waals surface area contributed by atoms with Crippen molar-refractivity contribution in [1.29, 1.82) is 0 Å². The molecule has 9 heterocycles. The maximum absolute atomic E-state index is 13.2. The number of rotatable bonds is 9. The van der Waals surface area contributed by atoms with Crippen LogP contribution in [-0.2, 0) is 14.4 Å². The average Bonchev–Trinajstić information content (AvgIpc) is 0.670. The number of hydrogen-bond donors (Lipinski definition) is 3. The number of aromatic amines is 3. The fourth-order valence-corrected chi connectivity index (χ4v) is 6.86. The van der Waals surface area contributed by atoms with Gasteiger partial charge in [0, 0.05) is 107 Å². The van der Waals surface area contributed by atoms with E-state index in [4.69, 9.17) is 70.4 Å². The zero-order chi connectivity index (χ0) is 85.3. The minimum absolute atomic E-state index is 0.0343. The number of aromatic nitrogens is 9. The summed E-state index contributed by atoms with van der Waals surface area (Å²) in [5, 5.41) is -0.259. The van der Waals surface area contributed by atoms with Gasteiger partial charge in [-0.3, -0.25) is 14.4 Å². The van der Waals surface area contributed by atoms with E-state index < -0.39 is 179 Å². The maximum atomic E-state index is 13.2. The van der Waals surface area contributed by atoms with Gasteiger partial charge in [0.05, 0.1) is 48.0 Å². The monoisotopic (exact) mass is 1020 g/mol. The summed E-state index contributed by atoms with van der Waals surface area (Å²) >= 11 is 0. The Bertz CT molecular complexity index is 4780. The third-order valence-corrected chi connectivity index (χ3v) is 10.1. The molecule has 0 spiro atoms. The van der Waals surface area contributed by atoms with Crippen LogP contribution < -0.4 is 14.7 Å². The third kappa shape index (κ3) is 11.5. The van der Waals surface area contributed by atoms with Crippen molar-refractivity contribution in [3.63, 3.8) is 0 Å². The molecule has 6 aromatic heterocycles. The summed E-state index contributed by atoms with van der Waals surface area (Å²) in [6, 6.07) is -8.77. The second kappa shape index (κ2) is 22.9. The molecule has 0 radical (unpaired) electrons. The molecule has 0 aromatic carbocycles. The maximum Gasteiger partial charge on any atom is 0.302 e. The van der Waals surface area contributed by atoms with Crippen LogP contribution in [0.25, 0.3) is 47.6 Å². The minimum atomic E-state index is -4.44. The molecule has 3 aliphatic rings. The summed E-state index contributed by atoms with van der Waals surface area (Å²) in [7, 11) is 2.51. The van der Waals surface area contributed by atoms with Gasteiger partial charge in [-0.2, -0.15) is 0 Å². The van der Waals surface area contributed by atoms with E-state index in [1.54, 1.807) is 13.8 Å². The fourth-order valence-electron chi connectivity index (χ4n) is 6.86. The molecule has 3 N–H and O–H groups in total. The Hall–Kier alpha value is -7.86. The molecular weight excluding hydrogens is 913 g/mol. The summed E-state index contributed by atoms with van der Waals surface area (Å²) in [6.07, 6.45) is -7.81. The lowest BCUT2D eigenvalue weighted by Gasteiger charge is -2.41. The number of nitrogens with zero attached hydrogens (tertiary/aromatic N) is 15. The highest BCUT2D eigenvalue weighted by atomic mass is 16.2. The Kier molecular flexibility index (Phi) is 6.96. The van der Waals surface area contributed by atoms with Gasteiger partial charge in [-0.1, -0.05) is 20.6 Å². The standard InChI is InChI=1S/3C17H22N6O/c3*1-11-5-6-23(15(24)8-18-3)9-14(11)22(4)17-13-7-12(2)21-16(13)19-10-20-17/h3*7,10-11,14H,5-6,8-9H2,1-2,4H3,(H,19,20,21)/t3*11-,14+/m111/s1/i1D3,4D3,5D2,6D2,7D,8D2,9D2,11D,14D;1D3,5D2,6D2,7D,8D2,9D2;5D2,6D2,7D,8D2,9D2. The van der Waals surface area contributed by atoms with Crippen LogP contribution in [0, 0.1) is 58.2 Å². The van der Waals surface area contributed by atoms with Crippen molar-refractivity contribution in [2.24, 2.45) is 17.7 Å². The van der Waals surface area contributed by atoms with Crippen LogP contribution in [0.4, 0.5) is 17.5 Å². The molecule has 9 rings (SSSR count). The molecule has 0 saturated carbocycles. The molecule has 0 unspecified atom stereocenters. The zero-order valence-corrected chi connectivity index (χ0v) is 38.5. The first kappa shape index (κ1) is 21.9. The highest BCUT2D eigenvalue weighted by Crippen LogP contribution is 2.32. The summed E-state index contributed by atoms with van der Waals surface area (Å²) < 4.78 is 315. The first-order valence-corrected chi connectivity index (χ1v) is 20.6. The number of nitrogens with one attached hydrogen (secondary N) is 3. The Morgan fingerprint density at radius 2 is 1.04 bits per heavy atom. The minimum Gasteiger partial charge on any atom is -0.354 e. The number of aryl methyl sites for hydroxylation is 3. The van der Waals surface area contributed by atoms with E-state index in [1.807, 2.05) is 0 Å². The zero-order valence-electron chi connectivity index (χ0n) is 76.5. The number of H-pyrrole nitrogens is 3. The van der Waals surface area contributed by atoms with Crippen molar-refractivity contribution in [3.8, 4) is 0 Å². The van der Waals surface area contributed by atoms with Crippen LogP contribution in [0.5, 0.6) is 0 Å². The molecule has 6 atom stereocenters. The number of carbonyl (C=O) groups is 3. The second-order valence-electron chi connectivity index (χ2n) is 15.0. The second-order valence-corrected chi connectivity index (χ2v) is 15.0. The number of carbonyl (C=O) groups excluding carboxylic acids is 3. The van der Waals surface area contributed by atoms with Crippen molar-refractivity contribution in [2.75, 3.05) is 94.2 Å². The lowest BCUT2D eigenvalue weighted by atomic mass is 9.92. The molecule has 3 saturated heterocycles. The Morgan fingerprint density at radius 1 is 0.653 bits per heavy atom. The number of likely N-dealkylation sites (N-methyl/N-ethyl adjacent to an activating group) is 3. The van der Waals surface area contributed by atoms with Crippen LogP contribution in [-0.4, -0.2) is 175 Å². The summed E-state index contributed by atoms with van der Waals surface area (Å²) in [5.41, 5.74) is 1.05. The fraction of sp³-hybridized carbons (Fsp3) is 0.529. The SMILES string of the molecule is [2H]c1c(C)[nH]c2ncnc(N(C([2H])([2H])[2H])[C@@]3([2H])C([2H])([2H])N(C(=O)C([2H])([2H])[N+]#[C-])C([2H])([2H])C([2H])([2H])[C@@]3([2H])C([2H])([2H])[2H])c12.[2H]c1c(C)[nH]c2ncnc(N(C)[C@@H]3[C@H](C([2H])([2H])[2H])C([2H])([2H])C([2H])([2H])N(C(=O)C([2H])([2H])[N+]#[C-])C3([2H])[2H])c12.[2H]c1c(C)[nH]c2ncnc(N(C)[C@@H]3[C@H](C)C([2H])([2H])C([2H])([2H])N(C(=O)C([2H])([2H])[N+]#[C-])C3([2H])[2H])c12. The normalized spacial score (nSPS) is 38.1. The molecule has 0 bridgehead atoms. The number of likely N-dealkylation sites (tertiary alicyclic amines) is 3. The van der Waals surface area contributed by atoms with Crippen molar-refractivity contribution >= 4 is 68.3 Å². The van der Waals surface area contributed by atoms with Crippen molar-refractivity contribution in [3.05, 3.63) is 88.4 Å². The van der Waals surface area contributed by atoms with Gasteiger partial charge in [0.1, 0.15) is 61.6 Å². The van der Waals surface area contributed by atoms with Gasteiger partial charge in [-0.05, 0) is 75.7 Å². The Labute approximate surface area is 474 Å². The molecule has 3 amide bonds. The Balaban J connectivity index is 0.000000231. The van der Waals surface area contributed by atoms with E-state index in [0.717, 1.165) is 18.3 Å². The number of hydrogen-bond acceptors (Lipinski definition) is 12. The van der Waals surface area contributed by atoms with Gasteiger partial charge in [0.15, 0.2) is 0 Å². The topological polar surface area (TPSA) is 208 Å². The predicted molar refractivity (Wildman–Crippen MR) is 278 cm³/mol. The Morgan fingerprint density at radius 3 is 1.44 bits per heavy atom. The molecule has 0 aliphatic carbocycles. The van der Waals surface area contributed by atoms with Gasteiger partial charge in [0.2, 0.25) is 0 Å². The van der Waals surface area contributed by atoms with Gasteiger partial charge in [-0.15, -0.1) is 0 Å². The van der Waals surface area contributed by atoms with Crippen LogP contribution in [0.15, 0.2) is 37.1 Å². The molecular formula is C51H66N18O3. The molecule has 3 aliphatic heterocycles. The van der Waals surface area contributed by atoms with Gasteiger partial charge in [-0.25, -0.2) is 49.6 Å². The van der Waals surface area contributed by atoms with Crippen molar-refractivity contribution < 1.29 is 66.5 Å². The molecule has 3 fully saturated rings. The quantitative estimate of drug-likeness (QED) is 0.152. The van der Waals surface area contributed by atoms with Crippen LogP contribution in [0.2, 0.25) is 0 Å². The number of piperidine rings is 3. The molecule has 6 aromatic rings. The number of amides is 3. The average molecular weight is 1020 g/mol. The van der Waals surface area contributed by atoms with Crippen LogP contribution in [0.1, 0.15) is 109 Å². The van der Waals surface area contributed by atoms with E-state index >= 15 is 0 Å². The highest BCUT2D eigenvalue weighted by molar-refractivity contribution is 5.90. The summed E-state index contributed by atoms with van der Waals surface area (Å²) in [4.78, 5) is 78.8. The van der Waals surface area contributed by atoms with Crippen molar-refractivity contribution in [1.82, 2.24) is 59.6 Å². The van der Waals surface area contributed by atoms with Gasteiger partial charge in [0.25, 0.3) is 19.5 Å². The largest absolute Gasteiger partial charge is 0.354 e. The third-order valence-electron chi connectivity index (χ3n) is 10.1. The highest BCUT2D eigenvalue weighted by Gasteiger charge is 2.36. The number of fused-ring (bicyclic) bond motifs is 3. The van der Waals surface area contributed by atoms with E-state index in [-0.39, 0.29) is 66.9 Å². The first-order chi connectivity index (χ1) is 49.2. The van der Waals surface area contributed by atoms with Crippen LogP contribution >= 0.6 is 0 Å². The summed E-state index contributed by atoms with van der Waals surface area (Å²) in [5.74, 6) is -15.7. The van der Waals surface area contributed by atoms with E-state index in [2.05, 4.69) is 59.4 Å². The van der Waals surface area contributed by atoms with E-state index in [1.165, 1.54) is 32.1 Å². The number of anilines is 3. The van der Waals surface area contributed by atoms with Gasteiger partial charge >= 0.3 is 17.7 Å². The smallest absolute Gasteiger partial charge is 0.302 e. The predicted octanol–water partition coefficient (Wildman–Crippen LogP) is 5.58. The van der Waals surface area contributed by atoms with Gasteiger partial charge < -0.3 is 58.9 Å². The molecule has 21 heteroatoms. The van der Waals surface area contributed by atoms with Crippen LogP contribution in [0.3, 0.4) is 0 Å². The van der Waals surface area contributed by atoms with E-state index in [9.17, 15) is 15.8 Å². The lowest BCUT2D eigenvalue weighted by molar-refractivity contribution is -0.131. The van der Waals surface area contributed by atoms with E-state index in [0.29, 0.717) is 17.7 Å². The summed E-state index contributed by atoms with van der Waals surface area (Å²) in [6.45, 7) is -17.4. The molecule has 378 valence electrons. The molecule has 72 heavy (non-hydrogen) atoms. The first-order valence-electron chi connectivity index (χ1n) is 39.6. The lowest BCUT2D eigenvalue weighted by Crippen LogP contribution is -2.53. The molecule has 21 nitrogen and oxygen atoms in total. The van der Waals surface area contributed by atoms with Crippen molar-refractivity contribution in [2.45, 2.75) is 78.6 Å².